The SMILES string of the molecule is CC(c1nc(-c2ccccc2)no1)N1CCN(Cc2cccc(N)c2)CC1.Cl.Cl. The fraction of sp³-hybridized carbons (Fsp3) is 0.333. The molecule has 1 atom stereocenters. The van der Waals surface area contributed by atoms with Crippen molar-refractivity contribution >= 4 is 30.5 Å². The van der Waals surface area contributed by atoms with Gasteiger partial charge in [-0.3, -0.25) is 9.80 Å². The van der Waals surface area contributed by atoms with Crippen molar-refractivity contribution in [2.24, 2.45) is 0 Å². The second-order valence-electron chi connectivity index (χ2n) is 7.06. The van der Waals surface area contributed by atoms with E-state index in [0.717, 1.165) is 44.0 Å². The van der Waals surface area contributed by atoms with Crippen molar-refractivity contribution in [3.63, 3.8) is 0 Å². The Bertz CT molecular complexity index is 882. The molecule has 8 heteroatoms. The van der Waals surface area contributed by atoms with Crippen LogP contribution in [0.5, 0.6) is 0 Å². The molecule has 3 aromatic rings. The quantitative estimate of drug-likeness (QED) is 0.609. The van der Waals surface area contributed by atoms with E-state index in [4.69, 9.17) is 10.3 Å². The summed E-state index contributed by atoms with van der Waals surface area (Å²) >= 11 is 0. The maximum absolute atomic E-state index is 5.88. The molecular weight excluding hydrogens is 409 g/mol. The molecule has 4 rings (SSSR count). The summed E-state index contributed by atoms with van der Waals surface area (Å²) < 4.78 is 5.54. The van der Waals surface area contributed by atoms with Gasteiger partial charge in [0.05, 0.1) is 6.04 Å². The predicted molar refractivity (Wildman–Crippen MR) is 120 cm³/mol. The average molecular weight is 436 g/mol. The number of nitrogens with two attached hydrogens (primary N) is 1. The molecule has 1 unspecified atom stereocenters. The van der Waals surface area contributed by atoms with E-state index in [0.29, 0.717) is 11.7 Å². The van der Waals surface area contributed by atoms with Crippen molar-refractivity contribution < 1.29 is 4.52 Å². The highest BCUT2D eigenvalue weighted by Crippen LogP contribution is 2.23. The molecule has 1 aliphatic rings. The zero-order valence-electron chi connectivity index (χ0n) is 16.4. The van der Waals surface area contributed by atoms with E-state index in [9.17, 15) is 0 Å². The summed E-state index contributed by atoms with van der Waals surface area (Å²) in [6.45, 7) is 7.05. The number of nitrogen functional groups attached to an aromatic ring is 1. The van der Waals surface area contributed by atoms with Gasteiger partial charge in [0.2, 0.25) is 11.7 Å². The van der Waals surface area contributed by atoms with E-state index in [2.05, 4.69) is 39.0 Å². The van der Waals surface area contributed by atoms with Crippen LogP contribution < -0.4 is 5.73 Å². The van der Waals surface area contributed by atoms with Crippen LogP contribution in [0.3, 0.4) is 0 Å². The minimum absolute atomic E-state index is 0. The van der Waals surface area contributed by atoms with Crippen LogP contribution in [0.1, 0.15) is 24.4 Å². The Morgan fingerprint density at radius 1 is 1.00 bits per heavy atom. The molecule has 0 aliphatic carbocycles. The fourth-order valence-electron chi connectivity index (χ4n) is 3.52. The summed E-state index contributed by atoms with van der Waals surface area (Å²) in [6, 6.07) is 18.2. The lowest BCUT2D eigenvalue weighted by Gasteiger charge is -2.36. The number of hydrogen-bond acceptors (Lipinski definition) is 6. The van der Waals surface area contributed by atoms with Gasteiger partial charge in [-0.1, -0.05) is 47.6 Å². The van der Waals surface area contributed by atoms with Gasteiger partial charge in [-0.2, -0.15) is 4.98 Å². The monoisotopic (exact) mass is 435 g/mol. The Hall–Kier alpha value is -2.12. The Morgan fingerprint density at radius 3 is 2.41 bits per heavy atom. The van der Waals surface area contributed by atoms with Gasteiger partial charge >= 0.3 is 0 Å². The number of piperazine rings is 1. The number of halogens is 2. The molecular formula is C21H27Cl2N5O. The largest absolute Gasteiger partial charge is 0.399 e. The first kappa shape index (κ1) is 23.2. The third-order valence-corrected chi connectivity index (χ3v) is 5.14. The smallest absolute Gasteiger partial charge is 0.244 e. The number of nitrogens with zero attached hydrogens (tertiary/aromatic N) is 4. The van der Waals surface area contributed by atoms with Crippen LogP contribution in [-0.4, -0.2) is 46.1 Å². The van der Waals surface area contributed by atoms with Crippen LogP contribution in [0.2, 0.25) is 0 Å². The summed E-state index contributed by atoms with van der Waals surface area (Å²) in [7, 11) is 0. The van der Waals surface area contributed by atoms with Crippen molar-refractivity contribution in [1.29, 1.82) is 0 Å². The van der Waals surface area contributed by atoms with E-state index in [1.807, 2.05) is 42.5 Å². The van der Waals surface area contributed by atoms with Gasteiger partial charge in [-0.05, 0) is 24.6 Å². The van der Waals surface area contributed by atoms with Crippen LogP contribution in [0.15, 0.2) is 59.1 Å². The maximum Gasteiger partial charge on any atom is 0.244 e. The second-order valence-corrected chi connectivity index (χ2v) is 7.06. The minimum Gasteiger partial charge on any atom is -0.399 e. The molecule has 1 aliphatic heterocycles. The van der Waals surface area contributed by atoms with Gasteiger partial charge in [0.1, 0.15) is 0 Å². The Kier molecular flexibility index (Phi) is 8.46. The highest BCUT2D eigenvalue weighted by atomic mass is 35.5. The summed E-state index contributed by atoms with van der Waals surface area (Å²) in [6.07, 6.45) is 0. The van der Waals surface area contributed by atoms with Crippen LogP contribution in [0.4, 0.5) is 5.69 Å². The second kappa shape index (κ2) is 10.6. The molecule has 156 valence electrons. The summed E-state index contributed by atoms with van der Waals surface area (Å²) in [5.74, 6) is 1.33. The van der Waals surface area contributed by atoms with Crippen LogP contribution in [0, 0.1) is 0 Å². The number of hydrogen-bond donors (Lipinski definition) is 1. The standard InChI is InChI=1S/C21H25N5O.2ClH/c1-16(21-23-20(24-27-21)18-7-3-2-4-8-18)26-12-10-25(11-13-26)15-17-6-5-9-19(22)14-17;;/h2-9,14,16H,10-13,15,22H2,1H3;2*1H. The topological polar surface area (TPSA) is 71.4 Å². The van der Waals surface area contributed by atoms with Gasteiger partial charge in [-0.15, -0.1) is 24.8 Å². The Labute approximate surface area is 183 Å². The zero-order valence-corrected chi connectivity index (χ0v) is 18.0. The first-order valence-corrected chi connectivity index (χ1v) is 9.39. The van der Waals surface area contributed by atoms with E-state index in [1.54, 1.807) is 0 Å². The van der Waals surface area contributed by atoms with Crippen molar-refractivity contribution in [3.05, 3.63) is 66.1 Å². The summed E-state index contributed by atoms with van der Waals surface area (Å²) in [5, 5.41) is 4.15. The number of anilines is 1. The van der Waals surface area contributed by atoms with Gasteiger partial charge in [0.15, 0.2) is 0 Å². The fourth-order valence-corrected chi connectivity index (χ4v) is 3.52. The normalized spacial score (nSPS) is 15.9. The van der Waals surface area contributed by atoms with Gasteiger partial charge in [-0.25, -0.2) is 0 Å². The molecule has 2 aromatic carbocycles. The minimum atomic E-state index is 0. The summed E-state index contributed by atoms with van der Waals surface area (Å²) in [4.78, 5) is 9.47. The summed E-state index contributed by atoms with van der Waals surface area (Å²) in [5.41, 5.74) is 8.95. The molecule has 29 heavy (non-hydrogen) atoms. The molecule has 0 spiro atoms. The molecule has 0 saturated carbocycles. The van der Waals surface area contributed by atoms with Gasteiger partial charge in [0, 0.05) is 44.0 Å². The molecule has 2 heterocycles. The molecule has 0 bridgehead atoms. The highest BCUT2D eigenvalue weighted by molar-refractivity contribution is 5.85. The molecule has 6 nitrogen and oxygen atoms in total. The molecule has 1 aromatic heterocycles. The van der Waals surface area contributed by atoms with Crippen LogP contribution >= 0.6 is 24.8 Å². The van der Waals surface area contributed by atoms with E-state index in [1.165, 1.54) is 5.56 Å². The third kappa shape index (κ3) is 5.70. The molecule has 1 fully saturated rings. The Morgan fingerprint density at radius 2 is 1.72 bits per heavy atom. The lowest BCUT2D eigenvalue weighted by Crippen LogP contribution is -2.46. The molecule has 0 amide bonds. The molecule has 1 saturated heterocycles. The van der Waals surface area contributed by atoms with E-state index < -0.39 is 0 Å². The molecule has 0 radical (unpaired) electrons. The average Bonchev–Trinajstić information content (AvgIpc) is 3.19. The number of aromatic nitrogens is 2. The first-order valence-electron chi connectivity index (χ1n) is 9.39. The maximum atomic E-state index is 5.88. The van der Waals surface area contributed by atoms with Crippen molar-refractivity contribution in [2.45, 2.75) is 19.5 Å². The third-order valence-electron chi connectivity index (χ3n) is 5.14. The lowest BCUT2D eigenvalue weighted by molar-refractivity contribution is 0.0845. The lowest BCUT2D eigenvalue weighted by atomic mass is 10.1. The van der Waals surface area contributed by atoms with Gasteiger partial charge < -0.3 is 10.3 Å². The number of rotatable bonds is 5. The zero-order chi connectivity index (χ0) is 18.6. The van der Waals surface area contributed by atoms with Crippen LogP contribution in [0.25, 0.3) is 11.4 Å². The predicted octanol–water partition coefficient (Wildman–Crippen LogP) is 4.04. The number of benzene rings is 2. The van der Waals surface area contributed by atoms with Crippen molar-refractivity contribution in [3.8, 4) is 11.4 Å². The van der Waals surface area contributed by atoms with Gasteiger partial charge in [0.25, 0.3) is 0 Å². The first-order chi connectivity index (χ1) is 13.2. The van der Waals surface area contributed by atoms with Crippen molar-refractivity contribution in [1.82, 2.24) is 19.9 Å². The molecule has 2 N–H and O–H groups in total. The Balaban J connectivity index is 0.00000150. The van der Waals surface area contributed by atoms with Crippen LogP contribution in [-0.2, 0) is 6.54 Å². The highest BCUT2D eigenvalue weighted by Gasteiger charge is 2.26. The van der Waals surface area contributed by atoms with E-state index in [-0.39, 0.29) is 30.9 Å². The van der Waals surface area contributed by atoms with E-state index >= 15 is 0 Å². The van der Waals surface area contributed by atoms with Crippen molar-refractivity contribution in [2.75, 3.05) is 31.9 Å².